The summed E-state index contributed by atoms with van der Waals surface area (Å²) in [6.45, 7) is 1.82. The first-order chi connectivity index (χ1) is 14.9. The van der Waals surface area contributed by atoms with Gasteiger partial charge in [0.05, 0.1) is 19.0 Å². The zero-order valence-electron chi connectivity index (χ0n) is 18.5. The van der Waals surface area contributed by atoms with Gasteiger partial charge < -0.3 is 24.8 Å². The number of aryl methyl sites for hydroxylation is 1. The molecule has 1 aromatic carbocycles. The maximum Gasteiger partial charge on any atom is 0.229 e. The summed E-state index contributed by atoms with van der Waals surface area (Å²) in [7, 11) is 9.83. The molecule has 9 nitrogen and oxygen atoms in total. The number of aromatic nitrogens is 5. The van der Waals surface area contributed by atoms with Crippen LogP contribution in [0, 0.1) is 0 Å². The van der Waals surface area contributed by atoms with Crippen LogP contribution < -0.4 is 15.0 Å². The number of hydrogen-bond donors (Lipinski definition) is 2. The summed E-state index contributed by atoms with van der Waals surface area (Å²) >= 11 is 0. The first-order valence-electron chi connectivity index (χ1n) is 10.1. The second-order valence-corrected chi connectivity index (χ2v) is 7.80. The molecular formula is C22H28N8O. The number of rotatable bonds is 8. The number of likely N-dealkylation sites (N-methyl/N-ethyl adjacent to an activating group) is 2. The van der Waals surface area contributed by atoms with Gasteiger partial charge in [0.2, 0.25) is 5.95 Å². The van der Waals surface area contributed by atoms with Crippen molar-refractivity contribution in [3.8, 4) is 16.9 Å². The first kappa shape index (κ1) is 20.7. The van der Waals surface area contributed by atoms with Gasteiger partial charge in [-0.15, -0.1) is 0 Å². The molecule has 31 heavy (non-hydrogen) atoms. The summed E-state index contributed by atoms with van der Waals surface area (Å²) in [4.78, 5) is 16.5. The van der Waals surface area contributed by atoms with Crippen LogP contribution in [0.15, 0.2) is 43.0 Å². The lowest BCUT2D eigenvalue weighted by Gasteiger charge is -2.25. The third-order valence-corrected chi connectivity index (χ3v) is 5.17. The predicted octanol–water partition coefficient (Wildman–Crippen LogP) is 3.11. The van der Waals surface area contributed by atoms with Crippen LogP contribution in [0.4, 0.5) is 17.3 Å². The van der Waals surface area contributed by atoms with Crippen molar-refractivity contribution in [2.24, 2.45) is 7.05 Å². The Labute approximate surface area is 181 Å². The summed E-state index contributed by atoms with van der Waals surface area (Å²) in [6, 6.07) is 6.06. The number of ether oxygens (including phenoxy) is 1. The second-order valence-electron chi connectivity index (χ2n) is 7.80. The fourth-order valence-corrected chi connectivity index (χ4v) is 3.43. The second kappa shape index (κ2) is 8.65. The maximum absolute atomic E-state index is 5.72. The Bertz CT molecular complexity index is 1180. The van der Waals surface area contributed by atoms with Gasteiger partial charge in [-0.05, 0) is 26.2 Å². The summed E-state index contributed by atoms with van der Waals surface area (Å²) in [5.41, 5.74) is 4.72. The van der Waals surface area contributed by atoms with Crippen molar-refractivity contribution in [1.82, 2.24) is 29.6 Å². The van der Waals surface area contributed by atoms with Crippen LogP contribution in [0.2, 0.25) is 0 Å². The lowest BCUT2D eigenvalue weighted by Crippen LogP contribution is -2.28. The van der Waals surface area contributed by atoms with Crippen molar-refractivity contribution in [2.75, 3.05) is 51.6 Å². The number of aromatic amines is 1. The highest BCUT2D eigenvalue weighted by Gasteiger charge is 2.17. The topological polar surface area (TPSA) is 87.1 Å². The quantitative estimate of drug-likeness (QED) is 0.453. The molecule has 0 atom stereocenters. The normalized spacial score (nSPS) is 11.3. The average Bonchev–Trinajstić information content (AvgIpc) is 3.40. The minimum absolute atomic E-state index is 0.499. The fourth-order valence-electron chi connectivity index (χ4n) is 3.43. The summed E-state index contributed by atoms with van der Waals surface area (Å²) in [5, 5.41) is 8.64. The largest absolute Gasteiger partial charge is 0.494 e. The highest BCUT2D eigenvalue weighted by atomic mass is 16.5. The Morgan fingerprint density at radius 1 is 1.16 bits per heavy atom. The van der Waals surface area contributed by atoms with Gasteiger partial charge in [0.15, 0.2) is 0 Å². The molecule has 0 fully saturated rings. The monoisotopic (exact) mass is 420 g/mol. The molecule has 9 heteroatoms. The lowest BCUT2D eigenvalue weighted by atomic mass is 10.0. The molecule has 0 aliphatic carbocycles. The summed E-state index contributed by atoms with van der Waals surface area (Å²) in [5.74, 6) is 1.22. The molecule has 0 saturated heterocycles. The van der Waals surface area contributed by atoms with E-state index in [1.165, 1.54) is 0 Å². The number of fused-ring (bicyclic) bond motifs is 1. The van der Waals surface area contributed by atoms with Crippen LogP contribution >= 0.6 is 0 Å². The average molecular weight is 421 g/mol. The number of H-pyrrole nitrogens is 1. The lowest BCUT2D eigenvalue weighted by molar-refractivity contribution is 0.413. The molecule has 4 aromatic rings. The van der Waals surface area contributed by atoms with Gasteiger partial charge in [0.1, 0.15) is 11.4 Å². The van der Waals surface area contributed by atoms with Crippen LogP contribution in [-0.4, -0.2) is 71.0 Å². The number of hydrogen-bond acceptors (Lipinski definition) is 7. The molecule has 0 amide bonds. The van der Waals surface area contributed by atoms with E-state index in [0.717, 1.165) is 52.4 Å². The van der Waals surface area contributed by atoms with E-state index in [-0.39, 0.29) is 0 Å². The first-order valence-corrected chi connectivity index (χ1v) is 10.1. The molecule has 3 aromatic heterocycles. The molecule has 3 heterocycles. The van der Waals surface area contributed by atoms with E-state index in [0.29, 0.717) is 5.95 Å². The molecule has 2 N–H and O–H groups in total. The molecule has 0 saturated carbocycles. The highest BCUT2D eigenvalue weighted by molar-refractivity contribution is 5.85. The van der Waals surface area contributed by atoms with E-state index in [1.54, 1.807) is 18.0 Å². The van der Waals surface area contributed by atoms with Gasteiger partial charge in [-0.2, -0.15) is 10.1 Å². The molecule has 0 aliphatic rings. The van der Waals surface area contributed by atoms with Crippen LogP contribution in [-0.2, 0) is 7.05 Å². The van der Waals surface area contributed by atoms with Gasteiger partial charge in [0, 0.05) is 74.0 Å². The molecule has 0 unspecified atom stereocenters. The van der Waals surface area contributed by atoms with E-state index in [4.69, 9.17) is 4.74 Å². The maximum atomic E-state index is 5.72. The summed E-state index contributed by atoms with van der Waals surface area (Å²) in [6.07, 6.45) is 7.52. The zero-order valence-corrected chi connectivity index (χ0v) is 18.5. The van der Waals surface area contributed by atoms with Gasteiger partial charge >= 0.3 is 0 Å². The van der Waals surface area contributed by atoms with Gasteiger partial charge in [-0.25, -0.2) is 4.98 Å². The van der Waals surface area contributed by atoms with Crippen molar-refractivity contribution in [3.63, 3.8) is 0 Å². The Kier molecular flexibility index (Phi) is 5.77. The number of nitrogens with zero attached hydrogens (tertiary/aromatic N) is 6. The van der Waals surface area contributed by atoms with E-state index < -0.39 is 0 Å². The predicted molar refractivity (Wildman–Crippen MR) is 124 cm³/mol. The molecular weight excluding hydrogens is 392 g/mol. The zero-order chi connectivity index (χ0) is 22.0. The van der Waals surface area contributed by atoms with E-state index in [2.05, 4.69) is 62.4 Å². The smallest absolute Gasteiger partial charge is 0.229 e. The molecule has 162 valence electrons. The molecule has 4 rings (SSSR count). The summed E-state index contributed by atoms with van der Waals surface area (Å²) < 4.78 is 7.52. The van der Waals surface area contributed by atoms with Crippen molar-refractivity contribution < 1.29 is 4.74 Å². The Hall–Kier alpha value is -3.59. The molecule has 0 spiro atoms. The van der Waals surface area contributed by atoms with Crippen LogP contribution in [0.25, 0.3) is 22.2 Å². The van der Waals surface area contributed by atoms with Crippen molar-refractivity contribution >= 4 is 28.4 Å². The number of nitrogens with one attached hydrogen (secondary N) is 2. The van der Waals surface area contributed by atoms with E-state index >= 15 is 0 Å². The van der Waals surface area contributed by atoms with Crippen molar-refractivity contribution in [2.45, 2.75) is 0 Å². The van der Waals surface area contributed by atoms with Crippen LogP contribution in [0.3, 0.4) is 0 Å². The van der Waals surface area contributed by atoms with E-state index in [9.17, 15) is 0 Å². The highest BCUT2D eigenvalue weighted by Crippen LogP contribution is 2.39. The number of anilines is 3. The SMILES string of the molecule is COc1cc(N(C)CCN(C)C)c(-c2cnn(C)c2)cc1Nc1ncc2cc[nH]c2n1. The number of methoxy groups -OCH3 is 1. The molecule has 0 radical (unpaired) electrons. The minimum Gasteiger partial charge on any atom is -0.494 e. The van der Waals surface area contributed by atoms with Crippen LogP contribution in [0.1, 0.15) is 0 Å². The third-order valence-electron chi connectivity index (χ3n) is 5.17. The fraction of sp³-hybridized carbons (Fsp3) is 0.318. The van der Waals surface area contributed by atoms with Crippen LogP contribution in [0.5, 0.6) is 5.75 Å². The third kappa shape index (κ3) is 4.46. The van der Waals surface area contributed by atoms with Gasteiger partial charge in [-0.1, -0.05) is 0 Å². The standard InChI is InChI=1S/C22H28N8O/c1-28(2)8-9-29(3)19-11-20(31-5)18(10-17(19)16-13-25-30(4)14-16)26-22-24-12-15-6-7-23-21(15)27-22/h6-7,10-14H,8-9H2,1-5H3,(H2,23,24,26,27). The minimum atomic E-state index is 0.499. The molecule has 0 aliphatic heterocycles. The van der Waals surface area contributed by atoms with Crippen molar-refractivity contribution in [3.05, 3.63) is 43.0 Å². The van der Waals surface area contributed by atoms with Gasteiger partial charge in [0.25, 0.3) is 0 Å². The Morgan fingerprint density at radius 3 is 2.71 bits per heavy atom. The van der Waals surface area contributed by atoms with Gasteiger partial charge in [-0.3, -0.25) is 4.68 Å². The van der Waals surface area contributed by atoms with Crippen molar-refractivity contribution in [1.29, 1.82) is 0 Å². The Balaban J connectivity index is 1.75. The van der Waals surface area contributed by atoms with E-state index in [1.807, 2.05) is 37.8 Å². The Morgan fingerprint density at radius 2 is 2.00 bits per heavy atom. The molecule has 0 bridgehead atoms. The number of benzene rings is 1.